The van der Waals surface area contributed by atoms with E-state index < -0.39 is 5.41 Å². The summed E-state index contributed by atoms with van der Waals surface area (Å²) in [6.45, 7) is 5.32. The summed E-state index contributed by atoms with van der Waals surface area (Å²) in [5, 5.41) is 13.4. The summed E-state index contributed by atoms with van der Waals surface area (Å²) in [6, 6.07) is 5.85. The van der Waals surface area contributed by atoms with Gasteiger partial charge in [-0.05, 0) is 41.3 Å². The molecule has 3 N–H and O–H groups in total. The number of amidine groups is 1. The summed E-state index contributed by atoms with van der Waals surface area (Å²) in [5.41, 5.74) is 4.29. The number of benzene rings is 1. The molecule has 0 saturated carbocycles. The molecule has 10 nitrogen and oxygen atoms in total. The Kier molecular flexibility index (Phi) is 3.63. The Balaban J connectivity index is 1.31. The highest BCUT2D eigenvalue weighted by Crippen LogP contribution is 2.39. The van der Waals surface area contributed by atoms with Gasteiger partial charge in [-0.25, -0.2) is 4.98 Å². The van der Waals surface area contributed by atoms with Crippen LogP contribution in [0.5, 0.6) is 0 Å². The van der Waals surface area contributed by atoms with E-state index in [4.69, 9.17) is 10.1 Å². The number of nitrogens with one attached hydrogen (secondary N) is 3. The van der Waals surface area contributed by atoms with Gasteiger partial charge in [-0.2, -0.15) is 0 Å². The van der Waals surface area contributed by atoms with Gasteiger partial charge in [0.05, 0.1) is 36.7 Å². The van der Waals surface area contributed by atoms with E-state index in [1.165, 1.54) is 5.69 Å². The summed E-state index contributed by atoms with van der Waals surface area (Å²) in [5.74, 6) is 1.22. The number of H-pyrrole nitrogens is 1. The van der Waals surface area contributed by atoms with Crippen molar-refractivity contribution < 1.29 is 9.50 Å². The maximum absolute atomic E-state index is 12.2. The number of nitrogens with zero attached hydrogens (tertiary/aromatic N) is 6. The molecule has 0 bridgehead atoms. The van der Waals surface area contributed by atoms with Crippen LogP contribution in [0.15, 0.2) is 52.0 Å². The molecule has 0 saturated heterocycles. The number of imidazole rings is 1. The van der Waals surface area contributed by atoms with Crippen molar-refractivity contribution in [3.8, 4) is 0 Å². The van der Waals surface area contributed by atoms with Crippen molar-refractivity contribution in [1.82, 2.24) is 15.0 Å². The number of rotatable bonds is 2. The van der Waals surface area contributed by atoms with Crippen molar-refractivity contribution in [2.75, 3.05) is 17.2 Å². The van der Waals surface area contributed by atoms with Crippen molar-refractivity contribution in [1.29, 1.82) is 0 Å². The maximum atomic E-state index is 12.2. The molecule has 4 aliphatic rings. The quantitative estimate of drug-likeness (QED) is 0.651. The van der Waals surface area contributed by atoms with Gasteiger partial charge in [-0.15, -0.1) is 10.0 Å². The molecule has 31 heavy (non-hydrogen) atoms. The number of hydrogen-bond donors (Lipinski definition) is 3. The number of guanidine groups is 1. The maximum Gasteiger partial charge on any atom is 0.301 e. The van der Waals surface area contributed by atoms with Crippen LogP contribution in [0.1, 0.15) is 30.8 Å². The van der Waals surface area contributed by atoms with Crippen LogP contribution in [0.25, 0.3) is 0 Å². The molecule has 1 aromatic heterocycles. The number of aliphatic imine (C=N–C) groups is 2. The van der Waals surface area contributed by atoms with Crippen molar-refractivity contribution in [2.45, 2.75) is 32.2 Å². The van der Waals surface area contributed by atoms with Gasteiger partial charge in [0.15, 0.2) is 6.20 Å². The first kappa shape index (κ1) is 18.2. The zero-order chi connectivity index (χ0) is 21.2. The minimum atomic E-state index is -0.532. The van der Waals surface area contributed by atoms with Crippen molar-refractivity contribution in [2.24, 2.45) is 15.1 Å². The van der Waals surface area contributed by atoms with E-state index >= 15 is 0 Å². The lowest BCUT2D eigenvalue weighted by Crippen LogP contribution is -2.57. The van der Waals surface area contributed by atoms with Crippen LogP contribution in [0.3, 0.4) is 0 Å². The van der Waals surface area contributed by atoms with Crippen LogP contribution >= 0.6 is 0 Å². The number of anilines is 2. The van der Waals surface area contributed by atoms with E-state index in [1.54, 1.807) is 18.7 Å². The molecule has 156 valence electrons. The molecule has 1 unspecified atom stereocenters. The number of quaternary nitrogens is 1. The average molecular weight is 416 g/mol. The SMILES string of the molecule is CC1(C)C(=O)Nc2cc(NC3=N[N+]4(N5CCc6[nH]cnc6C5)C=CN=CC4=N3)ccc21. The Morgan fingerprint density at radius 1 is 1.29 bits per heavy atom. The van der Waals surface area contributed by atoms with Gasteiger partial charge < -0.3 is 15.6 Å². The molecular formula is C21H22N9O+. The van der Waals surface area contributed by atoms with Gasteiger partial charge in [-0.3, -0.25) is 9.79 Å². The number of aromatic amines is 1. The Morgan fingerprint density at radius 3 is 3.10 bits per heavy atom. The number of amides is 1. The van der Waals surface area contributed by atoms with E-state index in [1.807, 2.05) is 38.2 Å². The third-order valence-corrected chi connectivity index (χ3v) is 6.31. The standard InChI is InChI=1S/C21H21N9O/c1-21(2)14-4-3-13(9-16(14)26-19(21)31)25-20-27-18-10-22-6-8-30(18,28-20)29-7-5-15-17(11-29)24-12-23-15/h3-4,6,8-10,12H,5,7,11H2,1-2H3,(H2-,23,24,25,26,28,31)/p+1. The first-order valence-electron chi connectivity index (χ1n) is 10.2. The average Bonchev–Trinajstić information content (AvgIpc) is 3.42. The second-order valence-electron chi connectivity index (χ2n) is 8.55. The van der Waals surface area contributed by atoms with Crippen LogP contribution < -0.4 is 10.6 Å². The topological polar surface area (TPSA) is 110 Å². The Hall–Kier alpha value is -3.63. The van der Waals surface area contributed by atoms with Crippen LogP contribution in [0.2, 0.25) is 0 Å². The van der Waals surface area contributed by atoms with Crippen LogP contribution in [-0.2, 0) is 23.2 Å². The molecular weight excluding hydrogens is 394 g/mol. The molecule has 0 fully saturated rings. The highest BCUT2D eigenvalue weighted by Gasteiger charge is 2.48. The molecule has 0 radical (unpaired) electrons. The zero-order valence-electron chi connectivity index (χ0n) is 17.3. The highest BCUT2D eigenvalue weighted by molar-refractivity contribution is 6.30. The molecule has 10 heteroatoms. The summed E-state index contributed by atoms with van der Waals surface area (Å²) in [6.07, 6.45) is 8.02. The molecule has 6 rings (SSSR count). The summed E-state index contributed by atoms with van der Waals surface area (Å²) in [7, 11) is 0. The van der Waals surface area contributed by atoms with Crippen molar-refractivity contribution in [3.05, 3.63) is 53.9 Å². The number of carbonyl (C=O) groups is 1. The van der Waals surface area contributed by atoms with E-state index in [-0.39, 0.29) is 10.6 Å². The first-order valence-corrected chi connectivity index (χ1v) is 10.2. The van der Waals surface area contributed by atoms with Gasteiger partial charge in [-0.1, -0.05) is 6.07 Å². The third-order valence-electron chi connectivity index (χ3n) is 6.31. The second kappa shape index (κ2) is 6.19. The third kappa shape index (κ3) is 2.62. The second-order valence-corrected chi connectivity index (χ2v) is 8.55. The first-order chi connectivity index (χ1) is 15.0. The molecule has 0 aliphatic carbocycles. The fourth-order valence-corrected chi connectivity index (χ4v) is 4.48. The Labute approximate surface area is 178 Å². The van der Waals surface area contributed by atoms with Gasteiger partial charge in [0, 0.05) is 23.5 Å². The van der Waals surface area contributed by atoms with E-state index in [0.29, 0.717) is 12.5 Å². The lowest BCUT2D eigenvalue weighted by molar-refractivity contribution is -0.920. The van der Waals surface area contributed by atoms with Gasteiger partial charge in [0.25, 0.3) is 5.96 Å². The minimum Gasteiger partial charge on any atom is -0.348 e. The fraction of sp³-hybridized carbons (Fsp3) is 0.286. The van der Waals surface area contributed by atoms with Gasteiger partial charge >= 0.3 is 5.84 Å². The fourth-order valence-electron chi connectivity index (χ4n) is 4.48. The summed E-state index contributed by atoms with van der Waals surface area (Å²) < 4.78 is 0.132. The monoisotopic (exact) mass is 416 g/mol. The van der Waals surface area contributed by atoms with Gasteiger partial charge in [0.1, 0.15) is 6.21 Å². The predicted molar refractivity (Wildman–Crippen MR) is 117 cm³/mol. The Bertz CT molecular complexity index is 1240. The summed E-state index contributed by atoms with van der Waals surface area (Å²) in [4.78, 5) is 28.9. The number of fused-ring (bicyclic) bond motifs is 3. The normalized spacial score (nSPS) is 25.4. The van der Waals surface area contributed by atoms with Gasteiger partial charge in [0.2, 0.25) is 5.91 Å². The molecule has 1 atom stereocenters. The largest absolute Gasteiger partial charge is 0.348 e. The molecule has 0 spiro atoms. The smallest absolute Gasteiger partial charge is 0.301 e. The zero-order valence-corrected chi connectivity index (χ0v) is 17.3. The minimum absolute atomic E-state index is 0.00363. The van der Waals surface area contributed by atoms with Crippen molar-refractivity contribution >= 4 is 35.3 Å². The molecule has 5 heterocycles. The lowest BCUT2D eigenvalue weighted by atomic mass is 9.86. The predicted octanol–water partition coefficient (Wildman–Crippen LogP) is 2.08. The number of hydrogen-bond acceptors (Lipinski definition) is 7. The van der Waals surface area contributed by atoms with Crippen LogP contribution in [0.4, 0.5) is 11.4 Å². The highest BCUT2D eigenvalue weighted by atomic mass is 16.2. The van der Waals surface area contributed by atoms with E-state index in [0.717, 1.165) is 41.4 Å². The summed E-state index contributed by atoms with van der Waals surface area (Å²) >= 11 is 0. The van der Waals surface area contributed by atoms with E-state index in [2.05, 4.69) is 30.6 Å². The number of carbonyl (C=O) groups excluding carboxylic acids is 1. The Morgan fingerprint density at radius 2 is 2.19 bits per heavy atom. The van der Waals surface area contributed by atoms with Crippen molar-refractivity contribution in [3.63, 3.8) is 0 Å². The molecule has 2 aromatic rings. The number of aromatic nitrogens is 2. The lowest BCUT2D eigenvalue weighted by Gasteiger charge is -2.36. The molecule has 1 amide bonds. The van der Waals surface area contributed by atoms with E-state index in [9.17, 15) is 4.79 Å². The van der Waals surface area contributed by atoms with Crippen LogP contribution in [-0.4, -0.2) is 50.1 Å². The molecule has 1 aromatic carbocycles. The molecule has 4 aliphatic heterocycles. The van der Waals surface area contributed by atoms with Crippen LogP contribution in [0, 0.1) is 0 Å².